The van der Waals surface area contributed by atoms with Crippen LogP contribution in [0.1, 0.15) is 36.8 Å². The first-order chi connectivity index (χ1) is 20.1. The van der Waals surface area contributed by atoms with Crippen molar-refractivity contribution in [3.8, 4) is 0 Å². The van der Waals surface area contributed by atoms with Gasteiger partial charge in [-0.25, -0.2) is 18.2 Å². The Hall–Kier alpha value is -4.29. The van der Waals surface area contributed by atoms with E-state index in [1.807, 2.05) is 19.1 Å². The van der Waals surface area contributed by atoms with Gasteiger partial charge in [-0.1, -0.05) is 36.4 Å². The summed E-state index contributed by atoms with van der Waals surface area (Å²) in [4.78, 5) is 41.7. The summed E-state index contributed by atoms with van der Waals surface area (Å²) < 4.78 is 27.4. The maximum atomic E-state index is 13.1. The van der Waals surface area contributed by atoms with Crippen LogP contribution in [0, 0.1) is 6.92 Å². The Bertz CT molecular complexity index is 1480. The number of pyridine rings is 1. The van der Waals surface area contributed by atoms with E-state index in [0.717, 1.165) is 15.7 Å². The van der Waals surface area contributed by atoms with E-state index in [9.17, 15) is 27.9 Å². The summed E-state index contributed by atoms with van der Waals surface area (Å²) in [5, 5.41) is 18.3. The molecule has 1 aromatic heterocycles. The van der Waals surface area contributed by atoms with Gasteiger partial charge in [-0.05, 0) is 67.6 Å². The Morgan fingerprint density at radius 3 is 2.45 bits per heavy atom. The van der Waals surface area contributed by atoms with E-state index >= 15 is 0 Å². The molecule has 1 aliphatic rings. The van der Waals surface area contributed by atoms with Gasteiger partial charge in [0.25, 0.3) is 0 Å². The van der Waals surface area contributed by atoms with Crippen LogP contribution in [-0.4, -0.2) is 65.8 Å². The van der Waals surface area contributed by atoms with Crippen molar-refractivity contribution in [3.63, 3.8) is 0 Å². The molecule has 2 atom stereocenters. The minimum atomic E-state index is -3.90. The highest BCUT2D eigenvalue weighted by molar-refractivity contribution is 7.89. The van der Waals surface area contributed by atoms with Gasteiger partial charge < -0.3 is 21.1 Å². The molecule has 42 heavy (non-hydrogen) atoms. The number of benzene rings is 2. The predicted molar refractivity (Wildman–Crippen MR) is 158 cm³/mol. The van der Waals surface area contributed by atoms with Crippen LogP contribution in [0.15, 0.2) is 77.8 Å². The highest BCUT2D eigenvalue weighted by atomic mass is 32.2. The van der Waals surface area contributed by atoms with Crippen LogP contribution >= 0.6 is 0 Å². The van der Waals surface area contributed by atoms with Crippen molar-refractivity contribution >= 4 is 39.3 Å². The van der Waals surface area contributed by atoms with Crippen LogP contribution in [0.25, 0.3) is 0 Å². The molecule has 1 saturated heterocycles. The van der Waals surface area contributed by atoms with Gasteiger partial charge in [-0.3, -0.25) is 9.59 Å². The molecule has 0 unspecified atom stereocenters. The zero-order valence-corrected chi connectivity index (χ0v) is 24.1. The number of hydrogen-bond donors (Lipinski definition) is 4. The number of carbonyl (C=O) groups is 3. The molecule has 11 nitrogen and oxygen atoms in total. The van der Waals surface area contributed by atoms with Gasteiger partial charge in [-0.15, -0.1) is 0 Å². The van der Waals surface area contributed by atoms with Crippen molar-refractivity contribution in [3.05, 3.63) is 84.1 Å². The number of nitrogens with zero attached hydrogens (tertiary/aromatic N) is 2. The molecular formula is C30H35N5O6S. The summed E-state index contributed by atoms with van der Waals surface area (Å²) in [6, 6.07) is 16.2. The van der Waals surface area contributed by atoms with E-state index < -0.39 is 34.0 Å². The number of anilines is 2. The number of nitrogens with one attached hydrogen (secondary N) is 3. The molecule has 12 heteroatoms. The van der Waals surface area contributed by atoms with Crippen molar-refractivity contribution in [1.82, 2.24) is 14.6 Å². The molecule has 2 heterocycles. The summed E-state index contributed by atoms with van der Waals surface area (Å²) in [5.74, 6) is -1.27. The molecule has 0 spiro atoms. The number of amides is 2. The number of carboxylic acid groups (broad SMARTS) is 1. The average molecular weight is 594 g/mol. The molecular weight excluding hydrogens is 558 g/mol. The second kappa shape index (κ2) is 14.1. The Morgan fingerprint density at radius 1 is 1.05 bits per heavy atom. The number of rotatable bonds is 13. The maximum Gasteiger partial charge on any atom is 0.326 e. The highest BCUT2D eigenvalue weighted by Gasteiger charge is 2.40. The molecule has 1 aliphatic heterocycles. The SMILES string of the molecule is Cc1ccc(NCCCC(=O)Nc2ccc(C[C@H](NC(=O)[C@@H]3CCCN3S(=O)(=O)c3ccccc3)C(=O)O)cc2)nc1. The van der Waals surface area contributed by atoms with E-state index in [1.54, 1.807) is 48.7 Å². The smallest absolute Gasteiger partial charge is 0.326 e. The monoisotopic (exact) mass is 593 g/mol. The van der Waals surface area contributed by atoms with Crippen LogP contribution in [0.4, 0.5) is 11.5 Å². The molecule has 0 saturated carbocycles. The maximum absolute atomic E-state index is 13.1. The average Bonchev–Trinajstić information content (AvgIpc) is 3.49. The van der Waals surface area contributed by atoms with Gasteiger partial charge in [0.05, 0.1) is 4.90 Å². The van der Waals surface area contributed by atoms with Gasteiger partial charge in [0.15, 0.2) is 0 Å². The van der Waals surface area contributed by atoms with Gasteiger partial charge in [0, 0.05) is 37.8 Å². The molecule has 0 bridgehead atoms. The fourth-order valence-electron chi connectivity index (χ4n) is 4.71. The summed E-state index contributed by atoms with van der Waals surface area (Å²) in [5.41, 5.74) is 2.28. The Kier molecular flexibility index (Phi) is 10.3. The summed E-state index contributed by atoms with van der Waals surface area (Å²) in [6.45, 7) is 2.74. The number of carbonyl (C=O) groups excluding carboxylic acids is 2. The number of aliphatic carboxylic acids is 1. The minimum absolute atomic E-state index is 0.00777. The lowest BCUT2D eigenvalue weighted by atomic mass is 10.0. The van der Waals surface area contributed by atoms with Crippen LogP contribution < -0.4 is 16.0 Å². The van der Waals surface area contributed by atoms with Gasteiger partial charge in [0.1, 0.15) is 17.9 Å². The number of aromatic nitrogens is 1. The molecule has 2 amide bonds. The van der Waals surface area contributed by atoms with Crippen molar-refractivity contribution in [1.29, 1.82) is 0 Å². The van der Waals surface area contributed by atoms with Crippen LogP contribution in [0.2, 0.25) is 0 Å². The first-order valence-corrected chi connectivity index (χ1v) is 15.2. The summed E-state index contributed by atoms with van der Waals surface area (Å²) >= 11 is 0. The standard InChI is InChI=1S/C30H35N5O6S/c1-21-11-16-27(32-20-21)31-17-5-10-28(36)33-23-14-12-22(13-15-23)19-25(30(38)39)34-29(37)26-9-6-18-35(26)42(40,41)24-7-3-2-4-8-24/h2-4,7-8,11-16,20,25-26H,5-6,9-10,17-19H2,1H3,(H,31,32)(H,33,36)(H,34,37)(H,38,39)/t25-,26-/m0/s1. The lowest BCUT2D eigenvalue weighted by Crippen LogP contribution is -2.51. The van der Waals surface area contributed by atoms with E-state index in [0.29, 0.717) is 43.5 Å². The zero-order valence-electron chi connectivity index (χ0n) is 23.3. The molecule has 4 N–H and O–H groups in total. The largest absolute Gasteiger partial charge is 0.480 e. The molecule has 222 valence electrons. The molecule has 3 aromatic rings. The molecule has 0 aliphatic carbocycles. The lowest BCUT2D eigenvalue weighted by molar-refractivity contribution is -0.142. The normalized spacial score (nSPS) is 16.0. The third-order valence-corrected chi connectivity index (χ3v) is 8.87. The number of aryl methyl sites for hydroxylation is 1. The van der Waals surface area contributed by atoms with Gasteiger partial charge >= 0.3 is 5.97 Å². The number of carboxylic acids is 1. The lowest BCUT2D eigenvalue weighted by Gasteiger charge is -2.25. The van der Waals surface area contributed by atoms with Crippen LogP contribution in [0.5, 0.6) is 0 Å². The predicted octanol–water partition coefficient (Wildman–Crippen LogP) is 3.19. The van der Waals surface area contributed by atoms with Gasteiger partial charge in [0.2, 0.25) is 21.8 Å². The highest BCUT2D eigenvalue weighted by Crippen LogP contribution is 2.26. The molecule has 0 radical (unpaired) electrons. The molecule has 2 aromatic carbocycles. The van der Waals surface area contributed by atoms with Crippen LogP contribution in [-0.2, 0) is 30.8 Å². The van der Waals surface area contributed by atoms with E-state index in [4.69, 9.17) is 0 Å². The zero-order chi connectivity index (χ0) is 30.1. The third kappa shape index (κ3) is 8.14. The first kappa shape index (κ1) is 30.7. The van der Waals surface area contributed by atoms with Gasteiger partial charge in [-0.2, -0.15) is 4.31 Å². The van der Waals surface area contributed by atoms with E-state index in [2.05, 4.69) is 20.9 Å². The van der Waals surface area contributed by atoms with E-state index in [1.165, 1.54) is 12.1 Å². The fraction of sp³-hybridized carbons (Fsp3) is 0.333. The summed E-state index contributed by atoms with van der Waals surface area (Å²) in [7, 11) is -3.90. The Labute approximate surface area is 245 Å². The third-order valence-electron chi connectivity index (χ3n) is 6.95. The number of sulfonamides is 1. The minimum Gasteiger partial charge on any atom is -0.480 e. The Balaban J connectivity index is 1.28. The second-order valence-corrected chi connectivity index (χ2v) is 12.1. The topological polar surface area (TPSA) is 158 Å². The van der Waals surface area contributed by atoms with Crippen molar-refractivity contribution in [2.75, 3.05) is 23.7 Å². The van der Waals surface area contributed by atoms with Crippen molar-refractivity contribution in [2.45, 2.75) is 56.0 Å². The van der Waals surface area contributed by atoms with Crippen molar-refractivity contribution in [2.24, 2.45) is 0 Å². The van der Waals surface area contributed by atoms with E-state index in [-0.39, 0.29) is 23.8 Å². The Morgan fingerprint density at radius 2 is 1.79 bits per heavy atom. The molecule has 4 rings (SSSR count). The fourth-order valence-corrected chi connectivity index (χ4v) is 6.38. The summed E-state index contributed by atoms with van der Waals surface area (Å²) in [6.07, 6.45) is 3.49. The molecule has 1 fully saturated rings. The first-order valence-electron chi connectivity index (χ1n) is 13.8. The quantitative estimate of drug-likeness (QED) is 0.220. The van der Waals surface area contributed by atoms with Crippen molar-refractivity contribution < 1.29 is 27.9 Å². The number of hydrogen-bond acceptors (Lipinski definition) is 7. The second-order valence-electron chi connectivity index (χ2n) is 10.2. The van der Waals surface area contributed by atoms with Crippen LogP contribution in [0.3, 0.4) is 0 Å².